The molecule has 20 heavy (non-hydrogen) atoms. The quantitative estimate of drug-likeness (QED) is 0.882. The van der Waals surface area contributed by atoms with Crippen LogP contribution < -0.4 is 10.2 Å². The Labute approximate surface area is 125 Å². The van der Waals surface area contributed by atoms with E-state index in [1.54, 1.807) is 0 Å². The number of benzene rings is 1. The van der Waals surface area contributed by atoms with Crippen molar-refractivity contribution in [3.63, 3.8) is 0 Å². The van der Waals surface area contributed by atoms with Crippen LogP contribution in [0.3, 0.4) is 0 Å². The Kier molecular flexibility index (Phi) is 5.39. The van der Waals surface area contributed by atoms with Gasteiger partial charge in [-0.1, -0.05) is 30.7 Å². The molecule has 106 valence electrons. The number of halogens is 1. The van der Waals surface area contributed by atoms with Gasteiger partial charge in [0.15, 0.2) is 0 Å². The second-order valence-electron chi connectivity index (χ2n) is 4.77. The lowest BCUT2D eigenvalue weighted by atomic mass is 10.1. The fourth-order valence-electron chi connectivity index (χ4n) is 2.12. The van der Waals surface area contributed by atoms with E-state index in [1.807, 2.05) is 24.5 Å². The molecule has 0 atom stereocenters. The summed E-state index contributed by atoms with van der Waals surface area (Å²) in [4.78, 5) is 6.45. The van der Waals surface area contributed by atoms with Gasteiger partial charge in [-0.3, -0.25) is 4.98 Å². The molecular weight excluding hydrogens is 270 g/mol. The minimum atomic E-state index is 0.769. The van der Waals surface area contributed by atoms with Crippen molar-refractivity contribution in [2.45, 2.75) is 20.0 Å². The van der Waals surface area contributed by atoms with Crippen molar-refractivity contribution >= 4 is 17.3 Å². The monoisotopic (exact) mass is 289 g/mol. The molecule has 0 fully saturated rings. The number of anilines is 1. The number of pyridine rings is 1. The highest BCUT2D eigenvalue weighted by Crippen LogP contribution is 2.20. The standard InChI is InChI=1S/C16H20ClN3/c1-3-18-10-14-8-9-19-11-16(14)20(2)12-13-4-6-15(17)7-5-13/h4-9,11,18H,3,10,12H2,1-2H3. The predicted octanol–water partition coefficient (Wildman–Crippen LogP) is 3.48. The number of nitrogens with one attached hydrogen (secondary N) is 1. The summed E-state index contributed by atoms with van der Waals surface area (Å²) in [6, 6.07) is 10.0. The minimum Gasteiger partial charge on any atom is -0.369 e. The van der Waals surface area contributed by atoms with E-state index in [0.29, 0.717) is 0 Å². The largest absolute Gasteiger partial charge is 0.369 e. The number of rotatable bonds is 6. The van der Waals surface area contributed by atoms with Crippen LogP contribution in [-0.2, 0) is 13.1 Å². The van der Waals surface area contributed by atoms with E-state index in [-0.39, 0.29) is 0 Å². The zero-order valence-electron chi connectivity index (χ0n) is 11.9. The van der Waals surface area contributed by atoms with Gasteiger partial charge in [0.05, 0.1) is 11.9 Å². The first-order valence-corrected chi connectivity index (χ1v) is 7.17. The lowest BCUT2D eigenvalue weighted by Crippen LogP contribution is -2.20. The van der Waals surface area contributed by atoms with Crippen LogP contribution in [0.1, 0.15) is 18.1 Å². The van der Waals surface area contributed by atoms with Crippen LogP contribution in [0.4, 0.5) is 5.69 Å². The van der Waals surface area contributed by atoms with E-state index < -0.39 is 0 Å². The average Bonchev–Trinajstić information content (AvgIpc) is 2.47. The molecule has 2 aromatic rings. The zero-order chi connectivity index (χ0) is 14.4. The van der Waals surface area contributed by atoms with Gasteiger partial charge in [0.1, 0.15) is 0 Å². The van der Waals surface area contributed by atoms with Crippen molar-refractivity contribution in [3.8, 4) is 0 Å². The second kappa shape index (κ2) is 7.27. The fourth-order valence-corrected chi connectivity index (χ4v) is 2.24. The number of hydrogen-bond acceptors (Lipinski definition) is 3. The molecule has 0 aliphatic rings. The Bertz CT molecular complexity index is 540. The lowest BCUT2D eigenvalue weighted by Gasteiger charge is -2.22. The van der Waals surface area contributed by atoms with Crippen LogP contribution in [-0.4, -0.2) is 18.6 Å². The highest BCUT2D eigenvalue weighted by molar-refractivity contribution is 6.30. The first-order valence-electron chi connectivity index (χ1n) is 6.80. The van der Waals surface area contributed by atoms with Crippen molar-refractivity contribution in [3.05, 3.63) is 58.9 Å². The summed E-state index contributed by atoms with van der Waals surface area (Å²) in [5.41, 5.74) is 3.65. The van der Waals surface area contributed by atoms with Crippen molar-refractivity contribution in [2.24, 2.45) is 0 Å². The summed E-state index contributed by atoms with van der Waals surface area (Å²) in [5, 5.41) is 4.13. The van der Waals surface area contributed by atoms with Gasteiger partial charge in [0, 0.05) is 31.4 Å². The normalized spacial score (nSPS) is 10.6. The van der Waals surface area contributed by atoms with Crippen LogP contribution in [0.2, 0.25) is 5.02 Å². The van der Waals surface area contributed by atoms with Crippen LogP contribution in [0, 0.1) is 0 Å². The molecule has 0 aliphatic heterocycles. The summed E-state index contributed by atoms with van der Waals surface area (Å²) in [6.45, 7) is 4.77. The maximum atomic E-state index is 5.92. The highest BCUT2D eigenvalue weighted by atomic mass is 35.5. The predicted molar refractivity (Wildman–Crippen MR) is 85.2 cm³/mol. The molecule has 1 aromatic carbocycles. The average molecular weight is 290 g/mol. The van der Waals surface area contributed by atoms with Gasteiger partial charge < -0.3 is 10.2 Å². The molecule has 0 aliphatic carbocycles. The SMILES string of the molecule is CCNCc1ccncc1N(C)Cc1ccc(Cl)cc1. The van der Waals surface area contributed by atoms with Crippen LogP contribution in [0.15, 0.2) is 42.7 Å². The zero-order valence-corrected chi connectivity index (χ0v) is 12.7. The Morgan fingerprint density at radius 1 is 1.20 bits per heavy atom. The van der Waals surface area contributed by atoms with Gasteiger partial charge in [-0.2, -0.15) is 0 Å². The Morgan fingerprint density at radius 2 is 1.95 bits per heavy atom. The Morgan fingerprint density at radius 3 is 2.65 bits per heavy atom. The molecule has 1 aromatic heterocycles. The summed E-state index contributed by atoms with van der Waals surface area (Å²) in [7, 11) is 2.08. The molecular formula is C16H20ClN3. The van der Waals surface area contributed by atoms with Crippen LogP contribution >= 0.6 is 11.6 Å². The minimum absolute atomic E-state index is 0.769. The van der Waals surface area contributed by atoms with E-state index in [1.165, 1.54) is 11.1 Å². The Hall–Kier alpha value is -1.58. The first-order chi connectivity index (χ1) is 9.70. The lowest BCUT2D eigenvalue weighted by molar-refractivity contribution is 0.722. The van der Waals surface area contributed by atoms with Crippen molar-refractivity contribution in [1.82, 2.24) is 10.3 Å². The third kappa shape index (κ3) is 3.95. The molecule has 4 heteroatoms. The van der Waals surface area contributed by atoms with E-state index >= 15 is 0 Å². The molecule has 0 amide bonds. The summed E-state index contributed by atoms with van der Waals surface area (Å²) >= 11 is 5.92. The number of aromatic nitrogens is 1. The molecule has 1 heterocycles. The molecule has 0 saturated carbocycles. The van der Waals surface area contributed by atoms with Crippen molar-refractivity contribution < 1.29 is 0 Å². The summed E-state index contributed by atoms with van der Waals surface area (Å²) in [6.07, 6.45) is 3.76. The number of hydrogen-bond donors (Lipinski definition) is 1. The van der Waals surface area contributed by atoms with E-state index in [2.05, 4.69) is 47.4 Å². The third-order valence-electron chi connectivity index (χ3n) is 3.20. The first kappa shape index (κ1) is 14.8. The molecule has 0 radical (unpaired) electrons. The van der Waals surface area contributed by atoms with Gasteiger partial charge in [0.25, 0.3) is 0 Å². The van der Waals surface area contributed by atoms with Gasteiger partial charge in [-0.15, -0.1) is 0 Å². The van der Waals surface area contributed by atoms with Crippen molar-refractivity contribution in [2.75, 3.05) is 18.5 Å². The van der Waals surface area contributed by atoms with Crippen molar-refractivity contribution in [1.29, 1.82) is 0 Å². The van der Waals surface area contributed by atoms with Crippen LogP contribution in [0.25, 0.3) is 0 Å². The van der Waals surface area contributed by atoms with E-state index in [9.17, 15) is 0 Å². The molecule has 0 saturated heterocycles. The maximum absolute atomic E-state index is 5.92. The van der Waals surface area contributed by atoms with Gasteiger partial charge in [-0.05, 0) is 35.9 Å². The number of nitrogens with zero attached hydrogens (tertiary/aromatic N) is 2. The smallest absolute Gasteiger partial charge is 0.0598 e. The molecule has 0 bridgehead atoms. The van der Waals surface area contributed by atoms with Gasteiger partial charge >= 0.3 is 0 Å². The molecule has 3 nitrogen and oxygen atoms in total. The second-order valence-corrected chi connectivity index (χ2v) is 5.20. The van der Waals surface area contributed by atoms with Crippen LogP contribution in [0.5, 0.6) is 0 Å². The Balaban J connectivity index is 2.12. The van der Waals surface area contributed by atoms with Gasteiger partial charge in [-0.25, -0.2) is 0 Å². The third-order valence-corrected chi connectivity index (χ3v) is 3.45. The maximum Gasteiger partial charge on any atom is 0.0598 e. The van der Waals surface area contributed by atoms with E-state index in [0.717, 1.165) is 30.3 Å². The molecule has 1 N–H and O–H groups in total. The molecule has 2 rings (SSSR count). The topological polar surface area (TPSA) is 28.2 Å². The van der Waals surface area contributed by atoms with E-state index in [4.69, 9.17) is 11.6 Å². The highest BCUT2D eigenvalue weighted by Gasteiger charge is 2.07. The summed E-state index contributed by atoms with van der Waals surface area (Å²) < 4.78 is 0. The summed E-state index contributed by atoms with van der Waals surface area (Å²) in [5.74, 6) is 0. The fraction of sp³-hybridized carbons (Fsp3) is 0.312. The molecule has 0 unspecified atom stereocenters. The molecule has 0 spiro atoms. The van der Waals surface area contributed by atoms with Gasteiger partial charge in [0.2, 0.25) is 0 Å².